The summed E-state index contributed by atoms with van der Waals surface area (Å²) >= 11 is 0. The highest BCUT2D eigenvalue weighted by atomic mass is 127. The number of morpholine rings is 1. The summed E-state index contributed by atoms with van der Waals surface area (Å²) < 4.78 is 28.0. The van der Waals surface area contributed by atoms with Gasteiger partial charge in [-0.1, -0.05) is 0 Å². The predicted molar refractivity (Wildman–Crippen MR) is 115 cm³/mol. The van der Waals surface area contributed by atoms with E-state index >= 15 is 0 Å². The van der Waals surface area contributed by atoms with E-state index in [9.17, 15) is 8.42 Å². The largest absolute Gasteiger partial charge is 0.379 e. The molecule has 0 aliphatic carbocycles. The van der Waals surface area contributed by atoms with Gasteiger partial charge in [0.2, 0.25) is 0 Å². The van der Waals surface area contributed by atoms with Crippen LogP contribution in [0.15, 0.2) is 4.99 Å². The summed E-state index contributed by atoms with van der Waals surface area (Å²) in [6.07, 6.45) is 1.84. The minimum absolute atomic E-state index is 0. The van der Waals surface area contributed by atoms with Crippen LogP contribution in [0.25, 0.3) is 0 Å². The van der Waals surface area contributed by atoms with Gasteiger partial charge in [0.05, 0.1) is 25.5 Å². The van der Waals surface area contributed by atoms with E-state index in [-0.39, 0.29) is 35.8 Å². The fraction of sp³-hybridized carbons (Fsp3) is 0.938. The van der Waals surface area contributed by atoms with Crippen LogP contribution in [0.5, 0.6) is 0 Å². The topological polar surface area (TPSA) is 83.0 Å². The van der Waals surface area contributed by atoms with E-state index in [2.05, 4.69) is 34.4 Å². The monoisotopic (exact) mass is 490 g/mol. The Morgan fingerprint density at radius 1 is 1.40 bits per heavy atom. The molecule has 9 heteroatoms. The molecular weight excluding hydrogens is 455 g/mol. The van der Waals surface area contributed by atoms with Gasteiger partial charge in [-0.05, 0) is 34.1 Å². The zero-order chi connectivity index (χ0) is 18.2. The molecule has 2 N–H and O–H groups in total. The van der Waals surface area contributed by atoms with Crippen LogP contribution in [-0.2, 0) is 14.6 Å². The molecule has 0 amide bonds. The minimum Gasteiger partial charge on any atom is -0.379 e. The molecule has 0 aromatic heterocycles. The van der Waals surface area contributed by atoms with Crippen molar-refractivity contribution < 1.29 is 13.2 Å². The number of halogens is 1. The van der Waals surface area contributed by atoms with Crippen LogP contribution in [0.4, 0.5) is 0 Å². The van der Waals surface area contributed by atoms with E-state index in [0.29, 0.717) is 25.0 Å². The first-order chi connectivity index (χ1) is 11.2. The van der Waals surface area contributed by atoms with Gasteiger partial charge in [-0.15, -0.1) is 24.0 Å². The molecule has 3 unspecified atom stereocenters. The molecule has 0 aromatic carbocycles. The van der Waals surface area contributed by atoms with Crippen LogP contribution in [-0.4, -0.2) is 82.3 Å². The number of rotatable bonds is 8. The fourth-order valence-electron chi connectivity index (χ4n) is 2.74. The molecule has 3 atom stereocenters. The van der Waals surface area contributed by atoms with E-state index in [1.807, 2.05) is 13.8 Å². The maximum atomic E-state index is 11.3. The van der Waals surface area contributed by atoms with Gasteiger partial charge in [0, 0.05) is 37.5 Å². The lowest BCUT2D eigenvalue weighted by Gasteiger charge is -2.37. The van der Waals surface area contributed by atoms with Gasteiger partial charge in [0.25, 0.3) is 0 Å². The van der Waals surface area contributed by atoms with Gasteiger partial charge in [-0.2, -0.15) is 0 Å². The second-order valence-electron chi connectivity index (χ2n) is 6.69. The van der Waals surface area contributed by atoms with Crippen molar-refractivity contribution in [1.29, 1.82) is 0 Å². The lowest BCUT2D eigenvalue weighted by Crippen LogP contribution is -2.50. The summed E-state index contributed by atoms with van der Waals surface area (Å²) in [4.78, 5) is 7.09. The van der Waals surface area contributed by atoms with E-state index in [1.54, 1.807) is 0 Å². The van der Waals surface area contributed by atoms with Crippen LogP contribution in [0, 0.1) is 0 Å². The summed E-state index contributed by atoms with van der Waals surface area (Å²) in [5, 5.41) is 6.52. The molecular formula is C16H35IN4O3S. The molecule has 0 radical (unpaired) electrons. The Bertz CT molecular complexity index is 502. The third kappa shape index (κ3) is 10.6. The molecule has 0 saturated carbocycles. The highest BCUT2D eigenvalue weighted by molar-refractivity contribution is 14.0. The molecule has 1 aliphatic rings. The number of hydrogen-bond acceptors (Lipinski definition) is 5. The van der Waals surface area contributed by atoms with Crippen molar-refractivity contribution in [1.82, 2.24) is 15.5 Å². The highest BCUT2D eigenvalue weighted by Crippen LogP contribution is 2.10. The maximum absolute atomic E-state index is 11.3. The zero-order valence-corrected chi connectivity index (χ0v) is 19.3. The van der Waals surface area contributed by atoms with Crippen molar-refractivity contribution in [3.63, 3.8) is 0 Å². The lowest BCUT2D eigenvalue weighted by atomic mass is 10.2. The molecule has 0 bridgehead atoms. The van der Waals surface area contributed by atoms with Gasteiger partial charge >= 0.3 is 0 Å². The van der Waals surface area contributed by atoms with Crippen molar-refractivity contribution >= 4 is 39.8 Å². The summed E-state index contributed by atoms with van der Waals surface area (Å²) in [7, 11) is -2.93. The van der Waals surface area contributed by atoms with Crippen molar-refractivity contribution in [2.45, 2.75) is 52.2 Å². The molecule has 1 rings (SSSR count). The SMILES string of the molecule is CCNC(=NCC(C)N1CCOCC1C)NC(C)CCS(C)(=O)=O.I. The van der Waals surface area contributed by atoms with E-state index < -0.39 is 9.84 Å². The van der Waals surface area contributed by atoms with Gasteiger partial charge in [0.1, 0.15) is 9.84 Å². The normalized spacial score (nSPS) is 22.0. The molecule has 25 heavy (non-hydrogen) atoms. The Morgan fingerprint density at radius 3 is 2.64 bits per heavy atom. The molecule has 1 fully saturated rings. The first-order valence-corrected chi connectivity index (χ1v) is 10.8. The van der Waals surface area contributed by atoms with Crippen LogP contribution >= 0.6 is 24.0 Å². The minimum atomic E-state index is -2.93. The van der Waals surface area contributed by atoms with Crippen molar-refractivity contribution in [2.75, 3.05) is 44.9 Å². The molecule has 1 heterocycles. The van der Waals surface area contributed by atoms with Crippen LogP contribution in [0.3, 0.4) is 0 Å². The van der Waals surface area contributed by atoms with Gasteiger partial charge < -0.3 is 15.4 Å². The molecule has 1 saturated heterocycles. The number of hydrogen-bond donors (Lipinski definition) is 2. The van der Waals surface area contributed by atoms with Gasteiger partial charge in [-0.25, -0.2) is 8.42 Å². The molecule has 0 spiro atoms. The molecule has 1 aliphatic heterocycles. The standard InChI is InChI=1S/C16H34N4O3S.HI/c1-6-17-16(19-13(2)7-10-24(5,21)22)18-11-14(3)20-8-9-23-12-15(20)4;/h13-15H,6-12H2,1-5H3,(H2,17,18,19);1H. The van der Waals surface area contributed by atoms with E-state index in [0.717, 1.165) is 32.3 Å². The second-order valence-corrected chi connectivity index (χ2v) is 8.95. The van der Waals surface area contributed by atoms with Crippen molar-refractivity contribution in [2.24, 2.45) is 4.99 Å². The second kappa shape index (κ2) is 12.3. The third-order valence-electron chi connectivity index (χ3n) is 4.15. The van der Waals surface area contributed by atoms with Crippen LogP contribution in [0.2, 0.25) is 0 Å². The molecule has 0 aromatic rings. The smallest absolute Gasteiger partial charge is 0.191 e. The number of guanidine groups is 1. The predicted octanol–water partition coefficient (Wildman–Crippen LogP) is 1.09. The first-order valence-electron chi connectivity index (χ1n) is 8.79. The van der Waals surface area contributed by atoms with Crippen molar-refractivity contribution in [3.8, 4) is 0 Å². The maximum Gasteiger partial charge on any atom is 0.191 e. The van der Waals surface area contributed by atoms with Gasteiger partial charge in [0.15, 0.2) is 5.96 Å². The summed E-state index contributed by atoms with van der Waals surface area (Å²) in [5.74, 6) is 0.925. The number of nitrogens with one attached hydrogen (secondary N) is 2. The fourth-order valence-corrected chi connectivity index (χ4v) is 3.52. The third-order valence-corrected chi connectivity index (χ3v) is 5.13. The van der Waals surface area contributed by atoms with Crippen molar-refractivity contribution in [3.05, 3.63) is 0 Å². The Labute approximate surface area is 170 Å². The summed E-state index contributed by atoms with van der Waals surface area (Å²) in [6.45, 7) is 12.3. The number of sulfone groups is 1. The highest BCUT2D eigenvalue weighted by Gasteiger charge is 2.23. The van der Waals surface area contributed by atoms with E-state index in [1.165, 1.54) is 6.26 Å². The Balaban J connectivity index is 0.00000576. The number of aliphatic imine (C=N–C) groups is 1. The Hall–Kier alpha value is -0.130. The van der Waals surface area contributed by atoms with Crippen LogP contribution < -0.4 is 10.6 Å². The average Bonchev–Trinajstić information content (AvgIpc) is 2.50. The Morgan fingerprint density at radius 2 is 2.08 bits per heavy atom. The molecule has 150 valence electrons. The lowest BCUT2D eigenvalue weighted by molar-refractivity contribution is -0.0165. The molecule has 7 nitrogen and oxygen atoms in total. The summed E-state index contributed by atoms with van der Waals surface area (Å²) in [6, 6.07) is 0.800. The Kier molecular flexibility index (Phi) is 12.2. The zero-order valence-electron chi connectivity index (χ0n) is 16.1. The van der Waals surface area contributed by atoms with Crippen LogP contribution in [0.1, 0.15) is 34.1 Å². The first kappa shape index (κ1) is 24.9. The number of nitrogens with zero attached hydrogens (tertiary/aromatic N) is 2. The average molecular weight is 490 g/mol. The number of ether oxygens (including phenoxy) is 1. The summed E-state index contributed by atoms with van der Waals surface area (Å²) in [5.41, 5.74) is 0. The quantitative estimate of drug-likeness (QED) is 0.301. The van der Waals surface area contributed by atoms with Gasteiger partial charge in [-0.3, -0.25) is 9.89 Å². The van der Waals surface area contributed by atoms with E-state index in [4.69, 9.17) is 4.74 Å².